The minimum Gasteiger partial charge on any atom is -0.394 e. The Hall–Kier alpha value is -0.730. The van der Waals surface area contributed by atoms with Crippen LogP contribution in [0.3, 0.4) is 0 Å². The molecule has 1 fully saturated rings. The molecule has 16 heavy (non-hydrogen) atoms. The van der Waals surface area contributed by atoms with Gasteiger partial charge in [-0.25, -0.2) is 0 Å². The number of rotatable bonds is 3. The Morgan fingerprint density at radius 2 is 1.88 bits per heavy atom. The van der Waals surface area contributed by atoms with E-state index in [0.29, 0.717) is 0 Å². The normalized spacial score (nSPS) is 39.4. The Morgan fingerprint density at radius 1 is 1.25 bits per heavy atom. The van der Waals surface area contributed by atoms with Gasteiger partial charge in [0.05, 0.1) is 6.61 Å². The second kappa shape index (κ2) is 5.55. The van der Waals surface area contributed by atoms with E-state index in [9.17, 15) is 20.1 Å². The molecule has 1 aliphatic rings. The summed E-state index contributed by atoms with van der Waals surface area (Å²) in [7, 11) is 0. The van der Waals surface area contributed by atoms with Crippen LogP contribution in [0.2, 0.25) is 0 Å². The van der Waals surface area contributed by atoms with Crippen LogP contribution in [0.5, 0.6) is 0 Å². The van der Waals surface area contributed by atoms with Crippen LogP contribution in [0.4, 0.5) is 0 Å². The summed E-state index contributed by atoms with van der Waals surface area (Å²) in [6.45, 7) is 1.11. The van der Waals surface area contributed by atoms with Gasteiger partial charge in [0.25, 0.3) is 0 Å². The van der Waals surface area contributed by atoms with E-state index in [1.807, 2.05) is 0 Å². The Bertz CT molecular complexity index is 246. The van der Waals surface area contributed by atoms with Crippen molar-refractivity contribution >= 4 is 5.91 Å². The number of aliphatic hydroxyl groups excluding tert-OH is 4. The lowest BCUT2D eigenvalue weighted by atomic mass is 9.98. The van der Waals surface area contributed by atoms with Gasteiger partial charge < -0.3 is 30.5 Å². The molecule has 0 radical (unpaired) electrons. The second-order valence-corrected chi connectivity index (χ2v) is 3.67. The third-order valence-corrected chi connectivity index (χ3v) is 2.52. The van der Waals surface area contributed by atoms with Gasteiger partial charge in [0.1, 0.15) is 24.4 Å². The van der Waals surface area contributed by atoms with E-state index >= 15 is 0 Å². The molecule has 0 aliphatic carbocycles. The molecule has 7 heteroatoms. The van der Waals surface area contributed by atoms with Crippen molar-refractivity contribution in [3.05, 3.63) is 0 Å². The van der Waals surface area contributed by atoms with Crippen molar-refractivity contribution in [3.63, 3.8) is 0 Å². The molecule has 0 aromatic rings. The maximum absolute atomic E-state index is 11.1. The number of ether oxygens (including phenoxy) is 1. The molecular formula is C9H17NO6. The van der Waals surface area contributed by atoms with Gasteiger partial charge in [-0.2, -0.15) is 0 Å². The Morgan fingerprint density at radius 3 is 2.38 bits per heavy atom. The largest absolute Gasteiger partial charge is 0.394 e. The fourth-order valence-electron chi connectivity index (χ4n) is 1.48. The summed E-state index contributed by atoms with van der Waals surface area (Å²) in [6.07, 6.45) is -6.21. The molecule has 1 saturated heterocycles. The quantitative estimate of drug-likeness (QED) is 0.363. The smallest absolute Gasteiger partial charge is 0.221 e. The summed E-state index contributed by atoms with van der Waals surface area (Å²) in [6, 6.07) is 0. The van der Waals surface area contributed by atoms with Crippen LogP contribution >= 0.6 is 0 Å². The summed E-state index contributed by atoms with van der Waals surface area (Å²) in [5.74, 6) is -0.357. The standard InChI is InChI=1S/C9H17NO6/c1-2-5(12)10-9-8(15)7(14)6(13)4(3-11)16-9/h4,6-9,11,13-15H,2-3H2,1H3,(H,10,12)/t4-,6-,7-,8-,9?/m1/s1. The topological polar surface area (TPSA) is 119 Å². The Labute approximate surface area is 92.7 Å². The van der Waals surface area contributed by atoms with E-state index in [4.69, 9.17) is 9.84 Å². The molecule has 1 rings (SSSR count). The zero-order chi connectivity index (χ0) is 12.3. The van der Waals surface area contributed by atoms with Crippen LogP contribution in [-0.4, -0.2) is 63.6 Å². The zero-order valence-electron chi connectivity index (χ0n) is 8.91. The van der Waals surface area contributed by atoms with Crippen LogP contribution in [0.15, 0.2) is 0 Å². The molecule has 0 aromatic heterocycles. The maximum atomic E-state index is 11.1. The van der Waals surface area contributed by atoms with Crippen LogP contribution in [0.25, 0.3) is 0 Å². The number of hydrogen-bond acceptors (Lipinski definition) is 6. The van der Waals surface area contributed by atoms with Crippen LogP contribution < -0.4 is 5.32 Å². The number of amides is 1. The second-order valence-electron chi connectivity index (χ2n) is 3.67. The van der Waals surface area contributed by atoms with Crippen molar-refractivity contribution in [3.8, 4) is 0 Å². The lowest BCUT2D eigenvalue weighted by Crippen LogP contribution is -2.63. The van der Waals surface area contributed by atoms with Crippen LogP contribution in [-0.2, 0) is 9.53 Å². The van der Waals surface area contributed by atoms with E-state index in [1.54, 1.807) is 6.92 Å². The molecule has 5 atom stereocenters. The summed E-state index contributed by atoms with van der Waals surface area (Å²) >= 11 is 0. The molecule has 1 aliphatic heterocycles. The Kier molecular flexibility index (Phi) is 4.63. The summed E-state index contributed by atoms with van der Waals surface area (Å²) < 4.78 is 5.06. The van der Waals surface area contributed by atoms with E-state index in [2.05, 4.69) is 5.32 Å². The van der Waals surface area contributed by atoms with E-state index < -0.39 is 37.3 Å². The highest BCUT2D eigenvalue weighted by molar-refractivity contribution is 5.75. The first-order valence-electron chi connectivity index (χ1n) is 5.11. The van der Waals surface area contributed by atoms with Crippen molar-refractivity contribution in [2.75, 3.05) is 6.61 Å². The predicted molar refractivity (Wildman–Crippen MR) is 52.2 cm³/mol. The molecule has 1 heterocycles. The average molecular weight is 235 g/mol. The van der Waals surface area contributed by atoms with Gasteiger partial charge in [-0.3, -0.25) is 4.79 Å². The van der Waals surface area contributed by atoms with Gasteiger partial charge in [-0.05, 0) is 0 Å². The summed E-state index contributed by atoms with van der Waals surface area (Å²) in [5.41, 5.74) is 0. The van der Waals surface area contributed by atoms with E-state index in [-0.39, 0.29) is 12.3 Å². The lowest BCUT2D eigenvalue weighted by molar-refractivity contribution is -0.235. The van der Waals surface area contributed by atoms with Crippen molar-refractivity contribution < 1.29 is 30.0 Å². The molecule has 0 spiro atoms. The molecule has 0 aromatic carbocycles. The van der Waals surface area contributed by atoms with Gasteiger partial charge in [0.2, 0.25) is 5.91 Å². The molecule has 1 amide bonds. The highest BCUT2D eigenvalue weighted by atomic mass is 16.6. The van der Waals surface area contributed by atoms with Crippen molar-refractivity contribution in [1.82, 2.24) is 5.32 Å². The maximum Gasteiger partial charge on any atom is 0.221 e. The number of nitrogens with one attached hydrogen (secondary N) is 1. The van der Waals surface area contributed by atoms with Gasteiger partial charge in [0.15, 0.2) is 6.23 Å². The number of carbonyl (C=O) groups excluding carboxylic acids is 1. The fraction of sp³-hybridized carbons (Fsp3) is 0.889. The molecule has 94 valence electrons. The lowest BCUT2D eigenvalue weighted by Gasteiger charge is -2.40. The molecule has 1 unspecified atom stereocenters. The molecule has 0 saturated carbocycles. The number of hydrogen-bond donors (Lipinski definition) is 5. The van der Waals surface area contributed by atoms with Gasteiger partial charge in [-0.1, -0.05) is 6.92 Å². The van der Waals surface area contributed by atoms with E-state index in [1.165, 1.54) is 0 Å². The SMILES string of the molecule is CCC(=O)NC1O[C@H](CO)[C@@H](O)[C@@H](O)[C@H]1O. The minimum atomic E-state index is -1.46. The zero-order valence-corrected chi connectivity index (χ0v) is 8.91. The first-order valence-corrected chi connectivity index (χ1v) is 5.11. The first kappa shape index (κ1) is 13.3. The van der Waals surface area contributed by atoms with Crippen LogP contribution in [0.1, 0.15) is 13.3 Å². The predicted octanol–water partition coefficient (Wildman–Crippen LogP) is -2.69. The van der Waals surface area contributed by atoms with Gasteiger partial charge >= 0.3 is 0 Å². The monoisotopic (exact) mass is 235 g/mol. The average Bonchev–Trinajstić information content (AvgIpc) is 2.29. The van der Waals surface area contributed by atoms with Crippen molar-refractivity contribution in [1.29, 1.82) is 0 Å². The van der Waals surface area contributed by atoms with Crippen molar-refractivity contribution in [2.24, 2.45) is 0 Å². The highest BCUT2D eigenvalue weighted by Crippen LogP contribution is 2.19. The number of aliphatic hydroxyl groups is 4. The van der Waals surface area contributed by atoms with Crippen LogP contribution in [0, 0.1) is 0 Å². The first-order chi connectivity index (χ1) is 7.51. The molecule has 7 nitrogen and oxygen atoms in total. The molecular weight excluding hydrogens is 218 g/mol. The summed E-state index contributed by atoms with van der Waals surface area (Å²) in [4.78, 5) is 11.1. The number of carbonyl (C=O) groups is 1. The van der Waals surface area contributed by atoms with Gasteiger partial charge in [-0.15, -0.1) is 0 Å². The molecule has 0 bridgehead atoms. The summed E-state index contributed by atoms with van der Waals surface area (Å²) in [5, 5.41) is 39.6. The van der Waals surface area contributed by atoms with Gasteiger partial charge in [0, 0.05) is 6.42 Å². The van der Waals surface area contributed by atoms with Crippen molar-refractivity contribution in [2.45, 2.75) is 44.0 Å². The fourth-order valence-corrected chi connectivity index (χ4v) is 1.48. The Balaban J connectivity index is 2.67. The third-order valence-electron chi connectivity index (χ3n) is 2.52. The molecule has 5 N–H and O–H groups in total. The third kappa shape index (κ3) is 2.69. The highest BCUT2D eigenvalue weighted by Gasteiger charge is 2.43. The minimum absolute atomic E-state index is 0.203. The van der Waals surface area contributed by atoms with E-state index in [0.717, 1.165) is 0 Å².